The molecular formula is C20H33NO3. The highest BCUT2D eigenvalue weighted by Gasteiger charge is 1.99. The molecule has 0 fully saturated rings. The predicted octanol–water partition coefficient (Wildman–Crippen LogP) is 3.95. The molecule has 0 saturated heterocycles. The van der Waals surface area contributed by atoms with Crippen molar-refractivity contribution in [2.45, 2.75) is 19.1 Å². The molecule has 0 aromatic carbocycles. The van der Waals surface area contributed by atoms with Crippen molar-refractivity contribution in [3.8, 4) is 0 Å². The summed E-state index contributed by atoms with van der Waals surface area (Å²) in [4.78, 5) is 12.4. The van der Waals surface area contributed by atoms with E-state index in [2.05, 4.69) is 49.1 Å². The Bertz CT molecular complexity index is 362. The Morgan fingerprint density at radius 1 is 0.917 bits per heavy atom. The molecule has 0 heterocycles. The molecule has 0 bridgehead atoms. The highest BCUT2D eigenvalue weighted by Crippen LogP contribution is 1.93. The summed E-state index contributed by atoms with van der Waals surface area (Å²) in [7, 11) is 3.65. The molecule has 0 aromatic heterocycles. The number of methoxy groups -OCH3 is 1. The summed E-state index contributed by atoms with van der Waals surface area (Å²) in [5.74, 6) is -0.320. The molecule has 4 heteroatoms. The minimum atomic E-state index is -0.345. The Kier molecular flexibility index (Phi) is 23.2. The van der Waals surface area contributed by atoms with E-state index in [1.807, 2.05) is 19.2 Å². The fourth-order valence-electron chi connectivity index (χ4n) is 1.19. The Labute approximate surface area is 148 Å². The van der Waals surface area contributed by atoms with E-state index in [4.69, 9.17) is 4.74 Å². The van der Waals surface area contributed by atoms with Gasteiger partial charge in [0, 0.05) is 27.1 Å². The van der Waals surface area contributed by atoms with Crippen LogP contribution in [-0.4, -0.2) is 50.3 Å². The molecule has 136 valence electrons. The Hall–Kier alpha value is -2.17. The maximum absolute atomic E-state index is 10.3. The standard InChI is InChI=1S/C7H13N.C7H10O2.C6H10O/c1-4-6-8(3)7-5-2;1-4-7(5-2)9-6(3)8;1-4-6(5-2)7-3/h4-5H,1-2,6-7H2,3H3;4-5,7H,1-2H2,3H3;4-6H,1-2H2,3H3. The summed E-state index contributed by atoms with van der Waals surface area (Å²) >= 11 is 0. The third kappa shape index (κ3) is 22.1. The molecule has 0 aliphatic heterocycles. The zero-order chi connectivity index (χ0) is 19.4. The van der Waals surface area contributed by atoms with E-state index in [0.29, 0.717) is 0 Å². The highest BCUT2D eigenvalue weighted by molar-refractivity contribution is 5.66. The molecule has 24 heavy (non-hydrogen) atoms. The number of rotatable bonds is 10. The quantitative estimate of drug-likeness (QED) is 0.447. The molecule has 0 aromatic rings. The van der Waals surface area contributed by atoms with Gasteiger partial charge in [-0.3, -0.25) is 9.69 Å². The number of nitrogens with zero attached hydrogens (tertiary/aromatic N) is 1. The summed E-state index contributed by atoms with van der Waals surface area (Å²) < 4.78 is 9.49. The van der Waals surface area contributed by atoms with Crippen molar-refractivity contribution in [2.75, 3.05) is 27.2 Å². The molecule has 0 radical (unpaired) electrons. The molecular weight excluding hydrogens is 302 g/mol. The number of carbonyl (C=O) groups is 1. The largest absolute Gasteiger partial charge is 0.454 e. The Balaban J connectivity index is -0.000000278. The van der Waals surface area contributed by atoms with Crippen LogP contribution < -0.4 is 0 Å². The molecule has 0 N–H and O–H groups in total. The first-order chi connectivity index (χ1) is 11.4. The predicted molar refractivity (Wildman–Crippen MR) is 105 cm³/mol. The molecule has 0 rings (SSSR count). The maximum Gasteiger partial charge on any atom is 0.303 e. The van der Waals surface area contributed by atoms with E-state index in [1.165, 1.54) is 19.1 Å². The number of carbonyl (C=O) groups excluding carboxylic acids is 1. The molecule has 0 atom stereocenters. The first-order valence-electron chi connectivity index (χ1n) is 7.47. The van der Waals surface area contributed by atoms with Gasteiger partial charge in [-0.1, -0.05) is 37.5 Å². The van der Waals surface area contributed by atoms with Crippen LogP contribution >= 0.6 is 0 Å². The van der Waals surface area contributed by atoms with Gasteiger partial charge in [-0.2, -0.15) is 0 Å². The van der Waals surface area contributed by atoms with Crippen molar-refractivity contribution >= 4 is 5.97 Å². The Morgan fingerprint density at radius 3 is 1.42 bits per heavy atom. The lowest BCUT2D eigenvalue weighted by molar-refractivity contribution is -0.142. The smallest absolute Gasteiger partial charge is 0.303 e. The van der Waals surface area contributed by atoms with E-state index < -0.39 is 0 Å². The lowest BCUT2D eigenvalue weighted by Crippen LogP contribution is -2.17. The molecule has 0 aliphatic carbocycles. The van der Waals surface area contributed by atoms with Crippen LogP contribution in [0.15, 0.2) is 75.9 Å². The van der Waals surface area contributed by atoms with Crippen molar-refractivity contribution in [3.63, 3.8) is 0 Å². The molecule has 4 nitrogen and oxygen atoms in total. The van der Waals surface area contributed by atoms with Crippen molar-refractivity contribution in [1.82, 2.24) is 4.90 Å². The van der Waals surface area contributed by atoms with E-state index in [-0.39, 0.29) is 18.2 Å². The first kappa shape index (κ1) is 26.7. The van der Waals surface area contributed by atoms with Gasteiger partial charge in [0.2, 0.25) is 0 Å². The highest BCUT2D eigenvalue weighted by atomic mass is 16.5. The molecule has 0 spiro atoms. The van der Waals surface area contributed by atoms with Gasteiger partial charge in [0.05, 0.1) is 6.10 Å². The Morgan fingerprint density at radius 2 is 1.29 bits per heavy atom. The number of esters is 1. The molecule has 0 aliphatic rings. The average molecular weight is 335 g/mol. The topological polar surface area (TPSA) is 38.8 Å². The van der Waals surface area contributed by atoms with Crippen LogP contribution in [0.3, 0.4) is 0 Å². The van der Waals surface area contributed by atoms with E-state index in [9.17, 15) is 4.79 Å². The normalized spacial score (nSPS) is 8.92. The van der Waals surface area contributed by atoms with Gasteiger partial charge in [-0.05, 0) is 19.2 Å². The van der Waals surface area contributed by atoms with E-state index in [0.717, 1.165) is 13.1 Å². The van der Waals surface area contributed by atoms with Gasteiger partial charge in [0.15, 0.2) is 0 Å². The second-order valence-electron chi connectivity index (χ2n) is 4.52. The molecule has 0 saturated carbocycles. The van der Waals surface area contributed by atoms with Crippen LogP contribution in [0.25, 0.3) is 0 Å². The van der Waals surface area contributed by atoms with Gasteiger partial charge < -0.3 is 9.47 Å². The monoisotopic (exact) mass is 335 g/mol. The minimum absolute atomic E-state index is 0.0139. The molecule has 0 amide bonds. The summed E-state index contributed by atoms with van der Waals surface area (Å²) in [6.45, 7) is 24.3. The number of likely N-dealkylation sites (N-methyl/N-ethyl adjacent to an activating group) is 1. The lowest BCUT2D eigenvalue weighted by Gasteiger charge is -2.09. The van der Waals surface area contributed by atoms with Gasteiger partial charge in [-0.25, -0.2) is 0 Å². The summed E-state index contributed by atoms with van der Waals surface area (Å²) in [5, 5.41) is 0. The molecule has 0 unspecified atom stereocenters. The van der Waals surface area contributed by atoms with Gasteiger partial charge >= 0.3 is 5.97 Å². The zero-order valence-corrected chi connectivity index (χ0v) is 15.4. The second kappa shape index (κ2) is 20.8. The van der Waals surface area contributed by atoms with Crippen LogP contribution in [0.4, 0.5) is 0 Å². The van der Waals surface area contributed by atoms with Crippen molar-refractivity contribution < 1.29 is 14.3 Å². The van der Waals surface area contributed by atoms with Crippen LogP contribution in [0.2, 0.25) is 0 Å². The SMILES string of the molecule is C=CC(C=C)OC.C=CC(C=C)OC(C)=O.C=CCN(C)CC=C. The number of hydrogen-bond donors (Lipinski definition) is 0. The fourth-order valence-corrected chi connectivity index (χ4v) is 1.19. The second-order valence-corrected chi connectivity index (χ2v) is 4.52. The number of ether oxygens (including phenoxy) is 2. The van der Waals surface area contributed by atoms with Crippen LogP contribution in [0.5, 0.6) is 0 Å². The third-order valence-electron chi connectivity index (χ3n) is 2.38. The van der Waals surface area contributed by atoms with Crippen LogP contribution in [-0.2, 0) is 14.3 Å². The van der Waals surface area contributed by atoms with Gasteiger partial charge in [-0.15, -0.1) is 26.3 Å². The van der Waals surface area contributed by atoms with Crippen molar-refractivity contribution in [2.24, 2.45) is 0 Å². The van der Waals surface area contributed by atoms with Crippen molar-refractivity contribution in [3.05, 3.63) is 75.9 Å². The zero-order valence-electron chi connectivity index (χ0n) is 15.4. The van der Waals surface area contributed by atoms with Crippen LogP contribution in [0.1, 0.15) is 6.92 Å². The lowest BCUT2D eigenvalue weighted by atomic mass is 10.3. The van der Waals surface area contributed by atoms with E-state index in [1.54, 1.807) is 19.3 Å². The van der Waals surface area contributed by atoms with Crippen molar-refractivity contribution in [1.29, 1.82) is 0 Å². The summed E-state index contributed by atoms with van der Waals surface area (Å²) in [6, 6.07) is 0. The summed E-state index contributed by atoms with van der Waals surface area (Å²) in [5.41, 5.74) is 0. The van der Waals surface area contributed by atoms with Gasteiger partial charge in [0.1, 0.15) is 6.10 Å². The minimum Gasteiger partial charge on any atom is -0.454 e. The van der Waals surface area contributed by atoms with E-state index >= 15 is 0 Å². The maximum atomic E-state index is 10.3. The van der Waals surface area contributed by atoms with Crippen LogP contribution in [0, 0.1) is 0 Å². The fraction of sp³-hybridized carbons (Fsp3) is 0.350. The average Bonchev–Trinajstić information content (AvgIpc) is 2.56. The third-order valence-corrected chi connectivity index (χ3v) is 2.38. The van der Waals surface area contributed by atoms with Gasteiger partial charge in [0.25, 0.3) is 0 Å². The first-order valence-corrected chi connectivity index (χ1v) is 7.47. The number of hydrogen-bond acceptors (Lipinski definition) is 4. The summed E-state index contributed by atoms with van der Waals surface area (Å²) in [6.07, 6.45) is 9.82.